The fraction of sp³-hybridized carbons (Fsp3) is 0.400. The molecular formula is C15H15FN5O3S-. The molecule has 2 saturated heterocycles. The van der Waals surface area contributed by atoms with Crippen LogP contribution in [0.3, 0.4) is 0 Å². The Morgan fingerprint density at radius 3 is 2.56 bits per heavy atom. The molecule has 0 radical (unpaired) electrons. The summed E-state index contributed by atoms with van der Waals surface area (Å²) in [5.74, 6) is -0.894. The summed E-state index contributed by atoms with van der Waals surface area (Å²) < 4.78 is 40.7. The van der Waals surface area contributed by atoms with E-state index in [2.05, 4.69) is 15.4 Å². The number of benzene rings is 1. The van der Waals surface area contributed by atoms with Gasteiger partial charge in [-0.1, -0.05) is 6.07 Å². The molecular weight excluding hydrogens is 349 g/mol. The molecule has 0 amide bonds. The maximum atomic E-state index is 13.4. The van der Waals surface area contributed by atoms with E-state index in [0.29, 0.717) is 12.8 Å². The quantitative estimate of drug-likeness (QED) is 0.735. The lowest BCUT2D eigenvalue weighted by molar-refractivity contribution is -0.336. The Labute approximate surface area is 144 Å². The zero-order valence-corrected chi connectivity index (χ0v) is 13.9. The third kappa shape index (κ3) is 2.71. The highest BCUT2D eigenvalue weighted by Gasteiger charge is 2.46. The van der Waals surface area contributed by atoms with Crippen LogP contribution in [0.4, 0.5) is 4.39 Å². The monoisotopic (exact) mass is 364 g/mol. The molecule has 0 saturated carbocycles. The number of halogens is 1. The van der Waals surface area contributed by atoms with Gasteiger partial charge in [-0.3, -0.25) is 0 Å². The standard InChI is InChI=1S/C15H16FN5O3S/c16-10-2-1-3-13(6-10)25(23,24)21-11-4-5-12(21)9-20(8-11)15(22)14-7-17-19-18-14/h1-3,6-7,11-12,22H,4-5,8-9H2/p-1/b15-14+. The van der Waals surface area contributed by atoms with Gasteiger partial charge in [-0.2, -0.15) is 4.31 Å². The van der Waals surface area contributed by atoms with E-state index in [1.165, 1.54) is 28.7 Å². The maximum absolute atomic E-state index is 13.4. The topological polar surface area (TPSA) is 101 Å². The average Bonchev–Trinajstić information content (AvgIpc) is 3.21. The van der Waals surface area contributed by atoms with Gasteiger partial charge >= 0.3 is 0 Å². The van der Waals surface area contributed by atoms with E-state index in [1.807, 2.05) is 0 Å². The number of fused-ring (bicyclic) bond motifs is 2. The summed E-state index contributed by atoms with van der Waals surface area (Å²) in [6.45, 7) is 0.549. The SMILES string of the molecule is O=S(=O)(c1cccc(F)c1)N1C2CCC1CN(/C([O-])=C1/C=NN=N1)C2. The molecule has 3 heterocycles. The first-order valence-electron chi connectivity index (χ1n) is 7.86. The number of nitrogens with zero attached hydrogens (tertiary/aromatic N) is 5. The normalized spacial score (nSPS) is 28.0. The van der Waals surface area contributed by atoms with Crippen LogP contribution >= 0.6 is 0 Å². The Morgan fingerprint density at radius 1 is 1.24 bits per heavy atom. The van der Waals surface area contributed by atoms with E-state index in [1.54, 1.807) is 4.90 Å². The second-order valence-electron chi connectivity index (χ2n) is 6.21. The molecule has 8 nitrogen and oxygen atoms in total. The van der Waals surface area contributed by atoms with Crippen LogP contribution in [0.25, 0.3) is 0 Å². The van der Waals surface area contributed by atoms with Crippen molar-refractivity contribution in [3.8, 4) is 0 Å². The van der Waals surface area contributed by atoms with E-state index in [0.717, 1.165) is 6.07 Å². The van der Waals surface area contributed by atoms with Gasteiger partial charge in [-0.25, -0.2) is 12.8 Å². The molecule has 1 aromatic carbocycles. The Hall–Kier alpha value is -2.33. The lowest BCUT2D eigenvalue weighted by Gasteiger charge is -2.43. The molecule has 2 bridgehead atoms. The Balaban J connectivity index is 1.62. The van der Waals surface area contributed by atoms with Gasteiger partial charge in [-0.15, -0.1) is 10.2 Å². The molecule has 0 spiro atoms. The van der Waals surface area contributed by atoms with Crippen molar-refractivity contribution in [3.63, 3.8) is 0 Å². The van der Waals surface area contributed by atoms with Crippen LogP contribution in [-0.4, -0.2) is 49.0 Å². The van der Waals surface area contributed by atoms with E-state index in [4.69, 9.17) is 0 Å². The summed E-state index contributed by atoms with van der Waals surface area (Å²) in [6.07, 6.45) is 2.61. The van der Waals surface area contributed by atoms with Crippen LogP contribution < -0.4 is 5.11 Å². The first-order valence-corrected chi connectivity index (χ1v) is 9.30. The van der Waals surface area contributed by atoms with Crippen LogP contribution in [0.5, 0.6) is 0 Å². The summed E-state index contributed by atoms with van der Waals surface area (Å²) in [4.78, 5) is 1.53. The van der Waals surface area contributed by atoms with Crippen LogP contribution in [0.15, 0.2) is 56.2 Å². The molecule has 3 aliphatic rings. The zero-order chi connectivity index (χ0) is 17.6. The van der Waals surface area contributed by atoms with Crippen LogP contribution in [0, 0.1) is 5.82 Å². The van der Waals surface area contributed by atoms with Gasteiger partial charge in [-0.05, 0) is 42.1 Å². The third-order valence-corrected chi connectivity index (χ3v) is 6.68. The lowest BCUT2D eigenvalue weighted by Crippen LogP contribution is -2.56. The Morgan fingerprint density at radius 2 is 1.96 bits per heavy atom. The van der Waals surface area contributed by atoms with Gasteiger partial charge in [0.15, 0.2) is 0 Å². The number of rotatable bonds is 3. The van der Waals surface area contributed by atoms with Gasteiger partial charge in [0.1, 0.15) is 11.5 Å². The molecule has 10 heteroatoms. The first-order chi connectivity index (χ1) is 12.0. The van der Waals surface area contributed by atoms with E-state index in [-0.39, 0.29) is 41.6 Å². The molecule has 4 rings (SSSR count). The average molecular weight is 364 g/mol. The van der Waals surface area contributed by atoms with Crippen LogP contribution in [-0.2, 0) is 10.0 Å². The molecule has 3 aliphatic heterocycles. The molecule has 2 fully saturated rings. The van der Waals surface area contributed by atoms with Crippen molar-refractivity contribution in [2.24, 2.45) is 15.4 Å². The van der Waals surface area contributed by atoms with Gasteiger partial charge in [0.25, 0.3) is 0 Å². The molecule has 0 aliphatic carbocycles. The van der Waals surface area contributed by atoms with Crippen LogP contribution in [0.2, 0.25) is 0 Å². The second-order valence-corrected chi connectivity index (χ2v) is 8.05. The fourth-order valence-corrected chi connectivity index (χ4v) is 5.50. The van der Waals surface area contributed by atoms with E-state index < -0.39 is 15.8 Å². The number of likely N-dealkylation sites (tertiary alicyclic amines) is 1. The molecule has 2 atom stereocenters. The minimum absolute atomic E-state index is 0.0599. The number of sulfonamides is 1. The fourth-order valence-electron chi connectivity index (χ4n) is 3.61. The minimum Gasteiger partial charge on any atom is -0.859 e. The first kappa shape index (κ1) is 16.2. The zero-order valence-electron chi connectivity index (χ0n) is 13.1. The van der Waals surface area contributed by atoms with Crippen molar-refractivity contribution >= 4 is 16.2 Å². The van der Waals surface area contributed by atoms with Gasteiger partial charge in [0, 0.05) is 25.2 Å². The lowest BCUT2D eigenvalue weighted by atomic mass is 10.2. The molecule has 0 N–H and O–H groups in total. The highest BCUT2D eigenvalue weighted by atomic mass is 32.2. The van der Waals surface area contributed by atoms with Crippen molar-refractivity contribution < 1.29 is 17.9 Å². The van der Waals surface area contributed by atoms with Crippen LogP contribution in [0.1, 0.15) is 12.8 Å². The number of hydrogen-bond acceptors (Lipinski definition) is 7. The molecule has 132 valence electrons. The largest absolute Gasteiger partial charge is 0.859 e. The highest BCUT2D eigenvalue weighted by Crippen LogP contribution is 2.36. The number of piperazine rings is 1. The molecule has 25 heavy (non-hydrogen) atoms. The number of hydrogen-bond donors (Lipinski definition) is 0. The van der Waals surface area contributed by atoms with Gasteiger partial charge < -0.3 is 10.0 Å². The highest BCUT2D eigenvalue weighted by molar-refractivity contribution is 7.89. The maximum Gasteiger partial charge on any atom is 0.243 e. The molecule has 0 aromatic heterocycles. The minimum atomic E-state index is -3.81. The molecule has 1 aromatic rings. The van der Waals surface area contributed by atoms with Crippen molar-refractivity contribution in [2.75, 3.05) is 13.1 Å². The van der Waals surface area contributed by atoms with Crippen molar-refractivity contribution in [2.45, 2.75) is 29.8 Å². The van der Waals surface area contributed by atoms with Crippen molar-refractivity contribution in [1.82, 2.24) is 9.21 Å². The van der Waals surface area contributed by atoms with Crippen molar-refractivity contribution in [3.05, 3.63) is 41.7 Å². The number of allylic oxidation sites excluding steroid dienone is 1. The van der Waals surface area contributed by atoms with Gasteiger partial charge in [0.05, 0.1) is 11.1 Å². The van der Waals surface area contributed by atoms with E-state index >= 15 is 0 Å². The third-order valence-electron chi connectivity index (χ3n) is 4.68. The second kappa shape index (κ2) is 5.88. The predicted octanol–water partition coefficient (Wildman–Crippen LogP) is 0.644. The summed E-state index contributed by atoms with van der Waals surface area (Å²) in [6, 6.07) is 4.35. The summed E-state index contributed by atoms with van der Waals surface area (Å²) in [5.41, 5.74) is 0.154. The Kier molecular flexibility index (Phi) is 3.80. The van der Waals surface area contributed by atoms with Gasteiger partial charge in [0.2, 0.25) is 10.0 Å². The Bertz CT molecular complexity index is 870. The van der Waals surface area contributed by atoms with E-state index in [9.17, 15) is 17.9 Å². The van der Waals surface area contributed by atoms with Crippen molar-refractivity contribution in [1.29, 1.82) is 0 Å². The molecule has 2 unspecified atom stereocenters. The summed E-state index contributed by atoms with van der Waals surface area (Å²) >= 11 is 0. The summed E-state index contributed by atoms with van der Waals surface area (Å²) in [7, 11) is -3.81. The summed E-state index contributed by atoms with van der Waals surface area (Å²) in [5, 5.41) is 23.0. The predicted molar refractivity (Wildman–Crippen MR) is 84.2 cm³/mol. The smallest absolute Gasteiger partial charge is 0.243 e.